The molecule has 0 spiro atoms. The molecule has 1 unspecified atom stereocenters. The minimum absolute atomic E-state index is 0.0247. The lowest BCUT2D eigenvalue weighted by molar-refractivity contribution is 0.0697. The standard InChI is InChI=1S/C12H16FNO3/c1-2-8(15)6-7-14-11-9(12(16)17)4-3-5-10(11)13/h3-5,8,14-15H,2,6-7H2,1H3,(H,16,17). The molecule has 1 aromatic rings. The summed E-state index contributed by atoms with van der Waals surface area (Å²) in [4.78, 5) is 10.9. The van der Waals surface area contributed by atoms with E-state index < -0.39 is 17.9 Å². The maximum absolute atomic E-state index is 13.4. The maximum atomic E-state index is 13.4. The molecule has 0 amide bonds. The summed E-state index contributed by atoms with van der Waals surface area (Å²) in [5.74, 6) is -1.78. The molecular formula is C12H16FNO3. The molecule has 5 heteroatoms. The highest BCUT2D eigenvalue weighted by molar-refractivity contribution is 5.94. The molecule has 0 heterocycles. The van der Waals surface area contributed by atoms with Crippen molar-refractivity contribution in [3.05, 3.63) is 29.6 Å². The number of anilines is 1. The molecule has 94 valence electrons. The number of para-hydroxylation sites is 1. The van der Waals surface area contributed by atoms with E-state index in [4.69, 9.17) is 5.11 Å². The Morgan fingerprint density at radius 3 is 2.82 bits per heavy atom. The Morgan fingerprint density at radius 2 is 2.24 bits per heavy atom. The van der Waals surface area contributed by atoms with E-state index in [1.807, 2.05) is 6.92 Å². The smallest absolute Gasteiger partial charge is 0.337 e. The van der Waals surface area contributed by atoms with Crippen molar-refractivity contribution in [1.29, 1.82) is 0 Å². The van der Waals surface area contributed by atoms with E-state index >= 15 is 0 Å². The number of aliphatic hydroxyl groups is 1. The Labute approximate surface area is 99.1 Å². The minimum atomic E-state index is -1.18. The zero-order valence-corrected chi connectivity index (χ0v) is 9.61. The molecule has 0 saturated heterocycles. The fourth-order valence-corrected chi connectivity index (χ4v) is 1.45. The predicted octanol–water partition coefficient (Wildman–Crippen LogP) is 2.10. The molecule has 1 atom stereocenters. The minimum Gasteiger partial charge on any atom is -0.478 e. The van der Waals surface area contributed by atoms with Crippen LogP contribution in [0, 0.1) is 5.82 Å². The average molecular weight is 241 g/mol. The van der Waals surface area contributed by atoms with Gasteiger partial charge in [0.1, 0.15) is 5.82 Å². The molecule has 1 aromatic carbocycles. The van der Waals surface area contributed by atoms with Crippen LogP contribution in [0.1, 0.15) is 30.1 Å². The molecule has 0 radical (unpaired) electrons. The summed E-state index contributed by atoms with van der Waals surface area (Å²) in [6.07, 6.45) is 0.608. The number of carboxylic acid groups (broad SMARTS) is 1. The van der Waals surface area contributed by atoms with Gasteiger partial charge >= 0.3 is 5.97 Å². The van der Waals surface area contributed by atoms with E-state index in [2.05, 4.69) is 5.32 Å². The lowest BCUT2D eigenvalue weighted by atomic mass is 10.1. The van der Waals surface area contributed by atoms with Gasteiger partial charge in [-0.05, 0) is 25.0 Å². The molecule has 0 aliphatic rings. The van der Waals surface area contributed by atoms with E-state index in [1.165, 1.54) is 18.2 Å². The number of aliphatic hydroxyl groups excluding tert-OH is 1. The summed E-state index contributed by atoms with van der Waals surface area (Å²) in [6, 6.07) is 3.89. The predicted molar refractivity (Wildman–Crippen MR) is 62.8 cm³/mol. The maximum Gasteiger partial charge on any atom is 0.337 e. The molecule has 0 aromatic heterocycles. The van der Waals surface area contributed by atoms with Gasteiger partial charge in [-0.1, -0.05) is 13.0 Å². The van der Waals surface area contributed by atoms with E-state index in [9.17, 15) is 14.3 Å². The number of benzene rings is 1. The van der Waals surface area contributed by atoms with Crippen molar-refractivity contribution in [2.24, 2.45) is 0 Å². The highest BCUT2D eigenvalue weighted by Crippen LogP contribution is 2.19. The number of nitrogens with one attached hydrogen (secondary N) is 1. The fourth-order valence-electron chi connectivity index (χ4n) is 1.45. The first-order valence-electron chi connectivity index (χ1n) is 5.50. The highest BCUT2D eigenvalue weighted by Gasteiger charge is 2.13. The summed E-state index contributed by atoms with van der Waals surface area (Å²) in [6.45, 7) is 2.17. The van der Waals surface area contributed by atoms with Crippen molar-refractivity contribution >= 4 is 11.7 Å². The second-order valence-corrected chi connectivity index (χ2v) is 3.75. The van der Waals surface area contributed by atoms with Gasteiger partial charge in [0.05, 0.1) is 17.4 Å². The van der Waals surface area contributed by atoms with Gasteiger partial charge in [0.2, 0.25) is 0 Å². The Kier molecular flexibility index (Phi) is 4.90. The van der Waals surface area contributed by atoms with E-state index in [-0.39, 0.29) is 11.3 Å². The summed E-state index contributed by atoms with van der Waals surface area (Å²) in [5, 5.41) is 20.9. The second kappa shape index (κ2) is 6.20. The third-order valence-electron chi connectivity index (χ3n) is 2.49. The first-order chi connectivity index (χ1) is 8.06. The fraction of sp³-hybridized carbons (Fsp3) is 0.417. The molecule has 0 bridgehead atoms. The van der Waals surface area contributed by atoms with Crippen molar-refractivity contribution in [2.45, 2.75) is 25.9 Å². The Hall–Kier alpha value is -1.62. The molecule has 0 fully saturated rings. The van der Waals surface area contributed by atoms with Crippen LogP contribution in [0.15, 0.2) is 18.2 Å². The molecule has 1 rings (SSSR count). The van der Waals surface area contributed by atoms with Gasteiger partial charge in [0.15, 0.2) is 0 Å². The van der Waals surface area contributed by atoms with Crippen LogP contribution in [0.25, 0.3) is 0 Å². The quantitative estimate of drug-likeness (QED) is 0.713. The lowest BCUT2D eigenvalue weighted by Gasteiger charge is -2.12. The topological polar surface area (TPSA) is 69.6 Å². The summed E-state index contributed by atoms with van der Waals surface area (Å²) < 4.78 is 13.4. The highest BCUT2D eigenvalue weighted by atomic mass is 19.1. The van der Waals surface area contributed by atoms with Crippen molar-refractivity contribution in [1.82, 2.24) is 0 Å². The molecule has 3 N–H and O–H groups in total. The van der Waals surface area contributed by atoms with Crippen LogP contribution in [0.2, 0.25) is 0 Å². The van der Waals surface area contributed by atoms with Gasteiger partial charge in [-0.2, -0.15) is 0 Å². The monoisotopic (exact) mass is 241 g/mol. The molecule has 17 heavy (non-hydrogen) atoms. The number of carboxylic acids is 1. The second-order valence-electron chi connectivity index (χ2n) is 3.75. The lowest BCUT2D eigenvalue weighted by Crippen LogP contribution is -2.15. The third-order valence-corrected chi connectivity index (χ3v) is 2.49. The molecule has 0 saturated carbocycles. The third kappa shape index (κ3) is 3.71. The Balaban J connectivity index is 2.72. The molecule has 0 aliphatic carbocycles. The first kappa shape index (κ1) is 13.4. The van der Waals surface area contributed by atoms with Crippen LogP contribution in [-0.2, 0) is 0 Å². The van der Waals surface area contributed by atoms with Gasteiger partial charge in [0.25, 0.3) is 0 Å². The van der Waals surface area contributed by atoms with Crippen LogP contribution < -0.4 is 5.32 Å². The summed E-state index contributed by atoms with van der Waals surface area (Å²) in [5.41, 5.74) is -0.126. The zero-order valence-electron chi connectivity index (χ0n) is 9.61. The molecular weight excluding hydrogens is 225 g/mol. The van der Waals surface area contributed by atoms with Crippen LogP contribution in [0.5, 0.6) is 0 Å². The summed E-state index contributed by atoms with van der Waals surface area (Å²) >= 11 is 0. The van der Waals surface area contributed by atoms with Crippen LogP contribution in [0.3, 0.4) is 0 Å². The Bertz CT molecular complexity index is 395. The number of rotatable bonds is 6. The van der Waals surface area contributed by atoms with Crippen molar-refractivity contribution in [3.63, 3.8) is 0 Å². The first-order valence-corrected chi connectivity index (χ1v) is 5.50. The normalized spacial score (nSPS) is 12.2. The molecule has 0 aliphatic heterocycles. The number of hydrogen-bond acceptors (Lipinski definition) is 3. The number of hydrogen-bond donors (Lipinski definition) is 3. The van der Waals surface area contributed by atoms with Crippen molar-refractivity contribution in [3.8, 4) is 0 Å². The van der Waals surface area contributed by atoms with Gasteiger partial charge in [-0.15, -0.1) is 0 Å². The van der Waals surface area contributed by atoms with Gasteiger partial charge in [-0.3, -0.25) is 0 Å². The largest absolute Gasteiger partial charge is 0.478 e. The van der Waals surface area contributed by atoms with Crippen molar-refractivity contribution < 1.29 is 19.4 Å². The van der Waals surface area contributed by atoms with Gasteiger partial charge in [0, 0.05) is 6.54 Å². The molecule has 4 nitrogen and oxygen atoms in total. The van der Waals surface area contributed by atoms with Crippen LogP contribution in [-0.4, -0.2) is 28.8 Å². The van der Waals surface area contributed by atoms with Gasteiger partial charge in [-0.25, -0.2) is 9.18 Å². The van der Waals surface area contributed by atoms with Crippen LogP contribution >= 0.6 is 0 Å². The number of aromatic carboxylic acids is 1. The number of carbonyl (C=O) groups is 1. The van der Waals surface area contributed by atoms with Gasteiger partial charge < -0.3 is 15.5 Å². The van der Waals surface area contributed by atoms with Crippen molar-refractivity contribution in [2.75, 3.05) is 11.9 Å². The SMILES string of the molecule is CCC(O)CCNc1c(F)cccc1C(=O)O. The average Bonchev–Trinajstić information content (AvgIpc) is 2.30. The van der Waals surface area contributed by atoms with E-state index in [0.717, 1.165) is 0 Å². The summed E-state index contributed by atoms with van der Waals surface area (Å²) in [7, 11) is 0. The van der Waals surface area contributed by atoms with E-state index in [0.29, 0.717) is 19.4 Å². The number of halogens is 1. The zero-order chi connectivity index (χ0) is 12.8. The van der Waals surface area contributed by atoms with Crippen LogP contribution in [0.4, 0.5) is 10.1 Å². The Morgan fingerprint density at radius 1 is 1.53 bits per heavy atom. The van der Waals surface area contributed by atoms with E-state index in [1.54, 1.807) is 0 Å².